The SMILES string of the molecule is CCCNC1C(=O)Nc2cc(N(C)CC(C)CC)ccc21. The molecule has 0 spiro atoms. The zero-order valence-electron chi connectivity index (χ0n) is 13.6. The second-order valence-corrected chi connectivity index (χ2v) is 6.04. The maximum Gasteiger partial charge on any atom is 0.246 e. The van der Waals surface area contributed by atoms with Gasteiger partial charge in [-0.2, -0.15) is 0 Å². The van der Waals surface area contributed by atoms with Crippen LogP contribution in [0.4, 0.5) is 11.4 Å². The highest BCUT2D eigenvalue weighted by Gasteiger charge is 2.30. The highest BCUT2D eigenvalue weighted by molar-refractivity contribution is 6.03. The Morgan fingerprint density at radius 1 is 1.38 bits per heavy atom. The molecule has 2 unspecified atom stereocenters. The van der Waals surface area contributed by atoms with Crippen molar-refractivity contribution in [3.63, 3.8) is 0 Å². The number of benzene rings is 1. The van der Waals surface area contributed by atoms with E-state index < -0.39 is 0 Å². The zero-order valence-corrected chi connectivity index (χ0v) is 13.6. The highest BCUT2D eigenvalue weighted by Crippen LogP contribution is 2.34. The second-order valence-electron chi connectivity index (χ2n) is 6.04. The van der Waals surface area contributed by atoms with Gasteiger partial charge in [0.1, 0.15) is 6.04 Å². The first-order valence-corrected chi connectivity index (χ1v) is 7.96. The minimum absolute atomic E-state index is 0.0557. The first-order valence-electron chi connectivity index (χ1n) is 7.96. The summed E-state index contributed by atoms with van der Waals surface area (Å²) in [5.74, 6) is 0.719. The molecule has 0 bridgehead atoms. The molecule has 4 nitrogen and oxygen atoms in total. The summed E-state index contributed by atoms with van der Waals surface area (Å²) in [7, 11) is 2.11. The second kappa shape index (κ2) is 6.94. The molecule has 0 aliphatic carbocycles. The topological polar surface area (TPSA) is 44.4 Å². The van der Waals surface area contributed by atoms with Crippen molar-refractivity contribution in [2.24, 2.45) is 5.92 Å². The van der Waals surface area contributed by atoms with Crippen LogP contribution in [0.15, 0.2) is 18.2 Å². The smallest absolute Gasteiger partial charge is 0.246 e. The molecule has 1 heterocycles. The van der Waals surface area contributed by atoms with Crippen molar-refractivity contribution in [3.8, 4) is 0 Å². The van der Waals surface area contributed by atoms with E-state index >= 15 is 0 Å². The fourth-order valence-electron chi connectivity index (χ4n) is 2.68. The molecule has 116 valence electrons. The van der Waals surface area contributed by atoms with Gasteiger partial charge >= 0.3 is 0 Å². The molecular weight excluding hydrogens is 262 g/mol. The van der Waals surface area contributed by atoms with Crippen LogP contribution in [0, 0.1) is 5.92 Å². The summed E-state index contributed by atoms with van der Waals surface area (Å²) >= 11 is 0. The fourth-order valence-corrected chi connectivity index (χ4v) is 2.68. The molecule has 0 saturated carbocycles. The van der Waals surface area contributed by atoms with Crippen LogP contribution in [0.25, 0.3) is 0 Å². The Hall–Kier alpha value is -1.55. The van der Waals surface area contributed by atoms with Gasteiger partial charge in [0, 0.05) is 30.5 Å². The van der Waals surface area contributed by atoms with Crippen molar-refractivity contribution in [2.75, 3.05) is 30.4 Å². The molecule has 0 aromatic heterocycles. The summed E-state index contributed by atoms with van der Waals surface area (Å²) < 4.78 is 0. The van der Waals surface area contributed by atoms with Gasteiger partial charge < -0.3 is 15.5 Å². The van der Waals surface area contributed by atoms with Crippen molar-refractivity contribution >= 4 is 17.3 Å². The summed E-state index contributed by atoms with van der Waals surface area (Å²) in [5.41, 5.74) is 3.17. The van der Waals surface area contributed by atoms with E-state index in [4.69, 9.17) is 0 Å². The van der Waals surface area contributed by atoms with Crippen molar-refractivity contribution in [1.82, 2.24) is 5.32 Å². The summed E-state index contributed by atoms with van der Waals surface area (Å²) in [6.45, 7) is 8.46. The van der Waals surface area contributed by atoms with E-state index in [1.54, 1.807) is 0 Å². The maximum absolute atomic E-state index is 12.1. The largest absolute Gasteiger partial charge is 0.374 e. The third-order valence-electron chi connectivity index (χ3n) is 4.19. The standard InChI is InChI=1S/C17H27N3O/c1-5-9-18-16-14-8-7-13(10-15(14)19-17(16)21)20(4)11-12(3)6-2/h7-8,10,12,16,18H,5-6,9,11H2,1-4H3,(H,19,21). The van der Waals surface area contributed by atoms with Gasteiger partial charge in [-0.25, -0.2) is 0 Å². The van der Waals surface area contributed by atoms with Crippen LogP contribution in [0.3, 0.4) is 0 Å². The molecule has 0 radical (unpaired) electrons. The van der Waals surface area contributed by atoms with Gasteiger partial charge in [-0.1, -0.05) is 33.3 Å². The molecule has 1 aromatic rings. The number of hydrogen-bond donors (Lipinski definition) is 2. The number of carbonyl (C=O) groups excluding carboxylic acids is 1. The lowest BCUT2D eigenvalue weighted by Gasteiger charge is -2.23. The molecule has 2 rings (SSSR count). The molecule has 1 amide bonds. The van der Waals surface area contributed by atoms with Crippen LogP contribution in [0.2, 0.25) is 0 Å². The number of fused-ring (bicyclic) bond motifs is 1. The molecule has 4 heteroatoms. The van der Waals surface area contributed by atoms with Gasteiger partial charge in [0.2, 0.25) is 5.91 Å². The number of anilines is 2. The molecule has 1 aliphatic rings. The lowest BCUT2D eigenvalue weighted by atomic mass is 10.1. The van der Waals surface area contributed by atoms with Gasteiger partial charge in [0.15, 0.2) is 0 Å². The monoisotopic (exact) mass is 289 g/mol. The summed E-state index contributed by atoms with van der Waals surface area (Å²) in [5, 5.41) is 6.29. The van der Waals surface area contributed by atoms with Gasteiger partial charge in [-0.3, -0.25) is 4.79 Å². The molecule has 1 aliphatic heterocycles. The number of hydrogen-bond acceptors (Lipinski definition) is 3. The van der Waals surface area contributed by atoms with Crippen LogP contribution in [-0.4, -0.2) is 26.0 Å². The molecule has 2 atom stereocenters. The number of carbonyl (C=O) groups is 1. The number of rotatable bonds is 7. The predicted octanol–water partition coefficient (Wildman–Crippen LogP) is 3.16. The van der Waals surface area contributed by atoms with Gasteiger partial charge in [0.05, 0.1) is 0 Å². The molecule has 0 saturated heterocycles. The summed E-state index contributed by atoms with van der Waals surface area (Å²) in [6.07, 6.45) is 2.20. The Morgan fingerprint density at radius 3 is 2.81 bits per heavy atom. The van der Waals surface area contributed by atoms with Gasteiger partial charge in [-0.05, 0) is 31.0 Å². The lowest BCUT2D eigenvalue weighted by molar-refractivity contribution is -0.117. The summed E-state index contributed by atoms with van der Waals surface area (Å²) in [6, 6.07) is 6.07. The normalized spacial score (nSPS) is 18.3. The first-order chi connectivity index (χ1) is 10.1. The van der Waals surface area contributed by atoms with Gasteiger partial charge in [0.25, 0.3) is 0 Å². The Balaban J connectivity index is 2.14. The molecule has 1 aromatic carbocycles. The number of nitrogens with one attached hydrogen (secondary N) is 2. The lowest BCUT2D eigenvalue weighted by Crippen LogP contribution is -2.27. The Kier molecular flexibility index (Phi) is 5.23. The van der Waals surface area contributed by atoms with Gasteiger partial charge in [-0.15, -0.1) is 0 Å². The fraction of sp³-hybridized carbons (Fsp3) is 0.588. The van der Waals surface area contributed by atoms with E-state index in [1.165, 1.54) is 6.42 Å². The van der Waals surface area contributed by atoms with Crippen molar-refractivity contribution < 1.29 is 4.79 Å². The predicted molar refractivity (Wildman–Crippen MR) is 88.8 cm³/mol. The average molecular weight is 289 g/mol. The molecule has 0 fully saturated rings. The maximum atomic E-state index is 12.1. The third kappa shape index (κ3) is 3.56. The minimum Gasteiger partial charge on any atom is -0.374 e. The quantitative estimate of drug-likeness (QED) is 0.810. The van der Waals surface area contributed by atoms with Crippen LogP contribution in [0.1, 0.15) is 45.2 Å². The van der Waals surface area contributed by atoms with E-state index in [0.29, 0.717) is 5.92 Å². The molecular formula is C17H27N3O. The van der Waals surface area contributed by atoms with Crippen molar-refractivity contribution in [1.29, 1.82) is 0 Å². The van der Waals surface area contributed by atoms with E-state index in [0.717, 1.165) is 36.4 Å². The highest BCUT2D eigenvalue weighted by atomic mass is 16.2. The first kappa shape index (κ1) is 15.8. The van der Waals surface area contributed by atoms with Crippen LogP contribution in [-0.2, 0) is 4.79 Å². The Bertz CT molecular complexity index is 501. The van der Waals surface area contributed by atoms with E-state index in [2.05, 4.69) is 61.6 Å². The van der Waals surface area contributed by atoms with E-state index in [9.17, 15) is 4.79 Å². The van der Waals surface area contributed by atoms with Crippen LogP contribution < -0.4 is 15.5 Å². The average Bonchev–Trinajstić information content (AvgIpc) is 2.79. The summed E-state index contributed by atoms with van der Waals surface area (Å²) in [4.78, 5) is 14.3. The zero-order chi connectivity index (χ0) is 15.4. The van der Waals surface area contributed by atoms with Crippen LogP contribution >= 0.6 is 0 Å². The van der Waals surface area contributed by atoms with Crippen molar-refractivity contribution in [2.45, 2.75) is 39.7 Å². The third-order valence-corrected chi connectivity index (χ3v) is 4.19. The Morgan fingerprint density at radius 2 is 2.14 bits per heavy atom. The Labute approximate surface area is 127 Å². The van der Waals surface area contributed by atoms with Crippen LogP contribution in [0.5, 0.6) is 0 Å². The van der Waals surface area contributed by atoms with E-state index in [-0.39, 0.29) is 11.9 Å². The minimum atomic E-state index is -0.200. The number of nitrogens with zero attached hydrogens (tertiary/aromatic N) is 1. The molecule has 21 heavy (non-hydrogen) atoms. The molecule has 2 N–H and O–H groups in total. The number of amides is 1. The van der Waals surface area contributed by atoms with E-state index in [1.807, 2.05) is 0 Å². The van der Waals surface area contributed by atoms with Crippen molar-refractivity contribution in [3.05, 3.63) is 23.8 Å².